The van der Waals surface area contributed by atoms with Crippen LogP contribution in [0.5, 0.6) is 5.88 Å². The number of ether oxygens (including phenoxy) is 1. The quantitative estimate of drug-likeness (QED) is 0.622. The van der Waals surface area contributed by atoms with Gasteiger partial charge in [0.15, 0.2) is 0 Å². The Bertz CT molecular complexity index is 1270. The molecule has 0 unspecified atom stereocenters. The van der Waals surface area contributed by atoms with Crippen LogP contribution in [0, 0.1) is 5.41 Å². The highest BCUT2D eigenvalue weighted by Gasteiger charge is 2.52. The number of hydrogen-bond acceptors (Lipinski definition) is 6. The first-order chi connectivity index (χ1) is 16.6. The molecule has 2 aromatic heterocycles. The van der Waals surface area contributed by atoms with Crippen molar-refractivity contribution in [3.05, 3.63) is 60.3 Å². The summed E-state index contributed by atoms with van der Waals surface area (Å²) >= 11 is 0. The molecule has 8 nitrogen and oxygen atoms in total. The number of anilines is 1. The minimum atomic E-state index is -0.579. The van der Waals surface area contributed by atoms with Crippen molar-refractivity contribution in [1.29, 1.82) is 0 Å². The van der Waals surface area contributed by atoms with Gasteiger partial charge in [-0.3, -0.25) is 14.6 Å². The molecule has 0 saturated heterocycles. The molecule has 3 heterocycles. The molecule has 1 spiro atoms. The molecule has 1 aliphatic heterocycles. The predicted molar refractivity (Wildman–Crippen MR) is 130 cm³/mol. The van der Waals surface area contributed by atoms with E-state index >= 15 is 0 Å². The summed E-state index contributed by atoms with van der Waals surface area (Å²) in [7, 11) is 1.54. The normalized spacial score (nSPS) is 22.2. The minimum Gasteiger partial charge on any atom is -0.481 e. The summed E-state index contributed by atoms with van der Waals surface area (Å²) in [4.78, 5) is 35.4. The highest BCUT2D eigenvalue weighted by Crippen LogP contribution is 2.45. The zero-order chi connectivity index (χ0) is 23.7. The number of aromatic nitrogens is 2. The van der Waals surface area contributed by atoms with E-state index in [2.05, 4.69) is 15.3 Å². The third-order valence-corrected chi connectivity index (χ3v) is 6.90. The van der Waals surface area contributed by atoms with E-state index in [-0.39, 0.29) is 17.9 Å². The van der Waals surface area contributed by atoms with Gasteiger partial charge in [-0.25, -0.2) is 4.98 Å². The molecule has 1 aromatic carbocycles. The molecule has 1 fully saturated rings. The summed E-state index contributed by atoms with van der Waals surface area (Å²) in [5, 5.41) is 9.41. The molecule has 174 valence electrons. The number of carbonyl (C=O) groups is 2. The fourth-order valence-corrected chi connectivity index (χ4v) is 5.07. The number of pyridine rings is 2. The van der Waals surface area contributed by atoms with Crippen molar-refractivity contribution in [3.8, 4) is 5.88 Å². The number of rotatable bonds is 5. The molecule has 0 atom stereocenters. The Morgan fingerprint density at radius 2 is 1.91 bits per heavy atom. The number of nitrogens with one attached hydrogen (secondary N) is 1. The topological polar surface area (TPSA) is 96.8 Å². The van der Waals surface area contributed by atoms with Crippen molar-refractivity contribution < 1.29 is 14.3 Å². The van der Waals surface area contributed by atoms with Crippen molar-refractivity contribution >= 4 is 34.2 Å². The van der Waals surface area contributed by atoms with Crippen LogP contribution in [-0.4, -0.2) is 40.6 Å². The number of nitrogens with zero attached hydrogens (tertiary/aromatic N) is 4. The first-order valence-corrected chi connectivity index (χ1v) is 11.6. The number of amides is 2. The number of benzene rings is 1. The average molecular weight is 458 g/mol. The van der Waals surface area contributed by atoms with Crippen LogP contribution in [0.2, 0.25) is 0 Å². The second kappa shape index (κ2) is 8.85. The zero-order valence-electron chi connectivity index (χ0n) is 19.3. The molecular formula is C26H27N5O3. The third-order valence-electron chi connectivity index (χ3n) is 6.90. The van der Waals surface area contributed by atoms with Gasteiger partial charge >= 0.3 is 0 Å². The lowest BCUT2D eigenvalue weighted by atomic mass is 9.68. The van der Waals surface area contributed by atoms with Crippen molar-refractivity contribution in [2.75, 3.05) is 12.1 Å². The fraction of sp³-hybridized carbons (Fsp3) is 0.346. The van der Waals surface area contributed by atoms with E-state index in [0.717, 1.165) is 17.8 Å². The summed E-state index contributed by atoms with van der Waals surface area (Å²) in [5.41, 5.74) is 2.76. The van der Waals surface area contributed by atoms with Crippen LogP contribution in [0.1, 0.15) is 49.4 Å². The van der Waals surface area contributed by atoms with Crippen molar-refractivity contribution in [2.45, 2.75) is 45.1 Å². The monoisotopic (exact) mass is 457 g/mol. The van der Waals surface area contributed by atoms with Gasteiger partial charge in [0.1, 0.15) is 5.52 Å². The van der Waals surface area contributed by atoms with E-state index in [0.29, 0.717) is 48.2 Å². The first-order valence-electron chi connectivity index (χ1n) is 11.6. The fourth-order valence-electron chi connectivity index (χ4n) is 5.07. The van der Waals surface area contributed by atoms with E-state index < -0.39 is 5.41 Å². The summed E-state index contributed by atoms with van der Waals surface area (Å²) in [6, 6.07) is 14.7. The van der Waals surface area contributed by atoms with Crippen molar-refractivity contribution in [1.82, 2.24) is 15.3 Å². The molecule has 1 saturated carbocycles. The molecule has 1 N–H and O–H groups in total. The molecule has 34 heavy (non-hydrogen) atoms. The number of para-hydroxylation sites is 1. The lowest BCUT2D eigenvalue weighted by Gasteiger charge is -2.36. The van der Waals surface area contributed by atoms with E-state index in [1.165, 1.54) is 0 Å². The summed E-state index contributed by atoms with van der Waals surface area (Å²) in [6.07, 6.45) is 5.08. The standard InChI is InChI=1S/C26H27N5O3/c1-3-21-26(25(33)31(30-21)18-7-5-4-6-8-18)14-11-17(12-15-26)28-24(32)19-13-16-27-20-9-10-22(34-2)29-23(19)20/h4-10,13,16-17H,3,11-12,14-15H2,1-2H3,(H,28,32). The first kappa shape index (κ1) is 22.0. The Balaban J connectivity index is 1.31. The van der Waals surface area contributed by atoms with Gasteiger partial charge in [-0.05, 0) is 56.4 Å². The van der Waals surface area contributed by atoms with Gasteiger partial charge in [0, 0.05) is 18.3 Å². The minimum absolute atomic E-state index is 0.0244. The van der Waals surface area contributed by atoms with Crippen molar-refractivity contribution in [2.24, 2.45) is 10.5 Å². The molecule has 0 bridgehead atoms. The number of hydrogen-bond donors (Lipinski definition) is 1. The molecular weight excluding hydrogens is 430 g/mol. The van der Waals surface area contributed by atoms with Crippen LogP contribution in [0.3, 0.4) is 0 Å². The Hall–Kier alpha value is -3.81. The van der Waals surface area contributed by atoms with Gasteiger partial charge in [-0.15, -0.1) is 0 Å². The van der Waals surface area contributed by atoms with Crippen LogP contribution >= 0.6 is 0 Å². The highest BCUT2D eigenvalue weighted by molar-refractivity contribution is 6.19. The second-order valence-corrected chi connectivity index (χ2v) is 8.76. The molecule has 5 rings (SSSR count). The van der Waals surface area contributed by atoms with Gasteiger partial charge < -0.3 is 10.1 Å². The predicted octanol–water partition coefficient (Wildman–Crippen LogP) is 4.11. The van der Waals surface area contributed by atoms with Gasteiger partial charge in [0.2, 0.25) is 5.88 Å². The molecule has 8 heteroatoms. The largest absolute Gasteiger partial charge is 0.481 e. The van der Waals surface area contributed by atoms with Gasteiger partial charge in [0.05, 0.1) is 35.0 Å². The van der Waals surface area contributed by atoms with E-state index in [1.54, 1.807) is 36.5 Å². The van der Waals surface area contributed by atoms with Crippen LogP contribution < -0.4 is 15.1 Å². The van der Waals surface area contributed by atoms with Crippen LogP contribution in [0.4, 0.5) is 5.69 Å². The second-order valence-electron chi connectivity index (χ2n) is 8.76. The van der Waals surface area contributed by atoms with Crippen LogP contribution in [-0.2, 0) is 4.79 Å². The molecule has 2 aliphatic rings. The van der Waals surface area contributed by atoms with Gasteiger partial charge in [0.25, 0.3) is 11.8 Å². The number of fused-ring (bicyclic) bond motifs is 1. The average Bonchev–Trinajstić information content (AvgIpc) is 3.16. The Labute approximate surface area is 198 Å². The number of methoxy groups -OCH3 is 1. The highest BCUT2D eigenvalue weighted by atomic mass is 16.5. The van der Waals surface area contributed by atoms with Gasteiger partial charge in [-0.2, -0.15) is 10.1 Å². The number of carbonyl (C=O) groups excluding carboxylic acids is 2. The van der Waals surface area contributed by atoms with E-state index in [4.69, 9.17) is 9.84 Å². The number of hydrazone groups is 1. The summed E-state index contributed by atoms with van der Waals surface area (Å²) in [5.74, 6) is 0.280. The molecule has 1 aliphatic carbocycles. The third kappa shape index (κ3) is 3.69. The maximum Gasteiger partial charge on any atom is 0.259 e. The Morgan fingerprint density at radius 1 is 1.15 bits per heavy atom. The Morgan fingerprint density at radius 3 is 2.62 bits per heavy atom. The zero-order valence-corrected chi connectivity index (χ0v) is 19.3. The summed E-state index contributed by atoms with van der Waals surface area (Å²) < 4.78 is 5.21. The smallest absolute Gasteiger partial charge is 0.259 e. The Kier molecular flexibility index (Phi) is 5.73. The summed E-state index contributed by atoms with van der Waals surface area (Å²) in [6.45, 7) is 2.05. The lowest BCUT2D eigenvalue weighted by molar-refractivity contribution is -0.125. The molecule has 2 amide bonds. The molecule has 0 radical (unpaired) electrons. The maximum absolute atomic E-state index is 13.5. The SMILES string of the molecule is CCC1=NN(c2ccccc2)C(=O)C12CCC(NC(=O)c1ccnc3ccc(OC)nc13)CC2. The van der Waals surface area contributed by atoms with Crippen LogP contribution in [0.25, 0.3) is 11.0 Å². The van der Waals surface area contributed by atoms with Crippen molar-refractivity contribution in [3.63, 3.8) is 0 Å². The van der Waals surface area contributed by atoms with Crippen LogP contribution in [0.15, 0.2) is 59.8 Å². The maximum atomic E-state index is 13.5. The van der Waals surface area contributed by atoms with Gasteiger partial charge in [-0.1, -0.05) is 25.1 Å². The molecule has 3 aromatic rings. The van der Waals surface area contributed by atoms with E-state index in [9.17, 15) is 9.59 Å². The lowest BCUT2D eigenvalue weighted by Crippen LogP contribution is -2.47. The van der Waals surface area contributed by atoms with E-state index in [1.807, 2.05) is 37.3 Å².